The molecule has 104 valence electrons. The summed E-state index contributed by atoms with van der Waals surface area (Å²) in [6, 6.07) is 9.56. The summed E-state index contributed by atoms with van der Waals surface area (Å²) >= 11 is 3.45. The van der Waals surface area contributed by atoms with Crippen LogP contribution in [0.4, 0.5) is 5.69 Å². The van der Waals surface area contributed by atoms with Gasteiger partial charge in [-0.2, -0.15) is 0 Å². The number of hydrogen-bond acceptors (Lipinski definition) is 4. The standard InChI is InChI=1S/C15H14BrNO3/c1-9-4-14(11(16)6-12(9)17)18-7-10-2-3-13-15(5-10)20-8-19-13/h2-6H,7-8,17H2,1H3. The molecule has 2 N–H and O–H groups in total. The normalized spacial score (nSPS) is 12.5. The third-order valence-corrected chi connectivity index (χ3v) is 3.77. The van der Waals surface area contributed by atoms with E-state index in [4.69, 9.17) is 19.9 Å². The van der Waals surface area contributed by atoms with Gasteiger partial charge < -0.3 is 19.9 Å². The van der Waals surface area contributed by atoms with E-state index < -0.39 is 0 Å². The summed E-state index contributed by atoms with van der Waals surface area (Å²) in [4.78, 5) is 0. The van der Waals surface area contributed by atoms with Crippen LogP contribution in [0.2, 0.25) is 0 Å². The van der Waals surface area contributed by atoms with Crippen molar-refractivity contribution in [2.24, 2.45) is 0 Å². The number of nitrogen functional groups attached to an aromatic ring is 1. The molecule has 5 heteroatoms. The van der Waals surface area contributed by atoms with Crippen LogP contribution in [0, 0.1) is 6.92 Å². The minimum atomic E-state index is 0.280. The Kier molecular flexibility index (Phi) is 3.44. The zero-order valence-electron chi connectivity index (χ0n) is 11.0. The average molecular weight is 336 g/mol. The van der Waals surface area contributed by atoms with Crippen LogP contribution >= 0.6 is 15.9 Å². The van der Waals surface area contributed by atoms with Crippen molar-refractivity contribution in [3.63, 3.8) is 0 Å². The number of fused-ring (bicyclic) bond motifs is 1. The summed E-state index contributed by atoms with van der Waals surface area (Å²) in [5, 5.41) is 0. The Morgan fingerprint density at radius 1 is 1.20 bits per heavy atom. The number of nitrogens with two attached hydrogens (primary N) is 1. The fourth-order valence-corrected chi connectivity index (χ4v) is 2.45. The van der Waals surface area contributed by atoms with Gasteiger partial charge in [0.25, 0.3) is 0 Å². The second kappa shape index (κ2) is 5.25. The third kappa shape index (κ3) is 2.54. The molecular formula is C15H14BrNO3. The van der Waals surface area contributed by atoms with Gasteiger partial charge in [-0.3, -0.25) is 0 Å². The van der Waals surface area contributed by atoms with Crippen LogP contribution in [0.25, 0.3) is 0 Å². The highest BCUT2D eigenvalue weighted by molar-refractivity contribution is 9.10. The molecule has 4 nitrogen and oxygen atoms in total. The van der Waals surface area contributed by atoms with Crippen LogP contribution < -0.4 is 19.9 Å². The Labute approximate surface area is 125 Å². The van der Waals surface area contributed by atoms with E-state index in [1.807, 2.05) is 37.3 Å². The molecule has 0 fully saturated rings. The fourth-order valence-electron chi connectivity index (χ4n) is 1.97. The van der Waals surface area contributed by atoms with E-state index in [1.165, 1.54) is 0 Å². The average Bonchev–Trinajstić information content (AvgIpc) is 2.89. The maximum atomic E-state index is 5.84. The summed E-state index contributed by atoms with van der Waals surface area (Å²) < 4.78 is 17.3. The summed E-state index contributed by atoms with van der Waals surface area (Å²) in [6.07, 6.45) is 0. The Hall–Kier alpha value is -1.88. The van der Waals surface area contributed by atoms with Crippen LogP contribution in [0.15, 0.2) is 34.8 Å². The quantitative estimate of drug-likeness (QED) is 0.870. The first kappa shape index (κ1) is 13.1. The first-order valence-corrected chi connectivity index (χ1v) is 7.00. The lowest BCUT2D eigenvalue weighted by atomic mass is 10.2. The molecule has 1 aliphatic rings. The number of benzene rings is 2. The van der Waals surface area contributed by atoms with Gasteiger partial charge in [-0.25, -0.2) is 0 Å². The molecule has 0 aliphatic carbocycles. The molecule has 0 radical (unpaired) electrons. The molecular weight excluding hydrogens is 322 g/mol. The smallest absolute Gasteiger partial charge is 0.231 e. The number of ether oxygens (including phenoxy) is 3. The summed E-state index contributed by atoms with van der Waals surface area (Å²) in [7, 11) is 0. The number of halogens is 1. The molecule has 2 aromatic rings. The molecule has 0 amide bonds. The minimum absolute atomic E-state index is 0.280. The predicted octanol–water partition coefficient (Wildman–Crippen LogP) is 3.65. The molecule has 0 bridgehead atoms. The second-order valence-electron chi connectivity index (χ2n) is 4.62. The van der Waals surface area contributed by atoms with Crippen LogP contribution in [-0.2, 0) is 6.61 Å². The van der Waals surface area contributed by atoms with E-state index in [1.54, 1.807) is 0 Å². The van der Waals surface area contributed by atoms with Gasteiger partial charge in [0, 0.05) is 5.69 Å². The van der Waals surface area contributed by atoms with Crippen molar-refractivity contribution in [2.75, 3.05) is 12.5 Å². The zero-order chi connectivity index (χ0) is 14.1. The third-order valence-electron chi connectivity index (χ3n) is 3.15. The Morgan fingerprint density at radius 2 is 2.00 bits per heavy atom. The molecule has 0 aromatic heterocycles. The summed E-state index contributed by atoms with van der Waals surface area (Å²) in [5.41, 5.74) is 8.60. The van der Waals surface area contributed by atoms with Crippen LogP contribution in [0.1, 0.15) is 11.1 Å². The van der Waals surface area contributed by atoms with E-state index >= 15 is 0 Å². The van der Waals surface area contributed by atoms with Gasteiger partial charge in [0.2, 0.25) is 6.79 Å². The maximum Gasteiger partial charge on any atom is 0.231 e. The van der Waals surface area contributed by atoms with Crippen molar-refractivity contribution >= 4 is 21.6 Å². The van der Waals surface area contributed by atoms with Crippen molar-refractivity contribution < 1.29 is 14.2 Å². The molecule has 0 saturated heterocycles. The lowest BCUT2D eigenvalue weighted by Gasteiger charge is -2.11. The van der Waals surface area contributed by atoms with Gasteiger partial charge in [-0.15, -0.1) is 0 Å². The molecule has 3 rings (SSSR count). The Balaban J connectivity index is 1.75. The van der Waals surface area contributed by atoms with E-state index in [-0.39, 0.29) is 6.79 Å². The van der Waals surface area contributed by atoms with E-state index in [0.717, 1.165) is 38.5 Å². The van der Waals surface area contributed by atoms with Gasteiger partial charge >= 0.3 is 0 Å². The minimum Gasteiger partial charge on any atom is -0.488 e. The molecule has 20 heavy (non-hydrogen) atoms. The molecule has 1 aliphatic heterocycles. The first-order chi connectivity index (χ1) is 9.63. The Bertz CT molecular complexity index is 658. The molecule has 0 spiro atoms. The number of anilines is 1. The SMILES string of the molecule is Cc1cc(OCc2ccc3c(c2)OCO3)c(Br)cc1N. The molecule has 0 unspecified atom stereocenters. The van der Waals surface area contributed by atoms with Gasteiger partial charge in [0.05, 0.1) is 4.47 Å². The highest BCUT2D eigenvalue weighted by Crippen LogP contribution is 2.34. The molecule has 0 atom stereocenters. The number of rotatable bonds is 3. The van der Waals surface area contributed by atoms with Crippen molar-refractivity contribution in [2.45, 2.75) is 13.5 Å². The molecule has 0 saturated carbocycles. The van der Waals surface area contributed by atoms with Crippen molar-refractivity contribution in [1.29, 1.82) is 0 Å². The van der Waals surface area contributed by atoms with Crippen LogP contribution in [-0.4, -0.2) is 6.79 Å². The van der Waals surface area contributed by atoms with E-state index in [0.29, 0.717) is 6.61 Å². The zero-order valence-corrected chi connectivity index (χ0v) is 12.6. The van der Waals surface area contributed by atoms with Crippen molar-refractivity contribution in [3.8, 4) is 17.2 Å². The van der Waals surface area contributed by atoms with Crippen LogP contribution in [0.5, 0.6) is 17.2 Å². The lowest BCUT2D eigenvalue weighted by Crippen LogP contribution is -1.98. The summed E-state index contributed by atoms with van der Waals surface area (Å²) in [5.74, 6) is 2.31. The fraction of sp³-hybridized carbons (Fsp3) is 0.200. The van der Waals surface area contributed by atoms with Crippen LogP contribution in [0.3, 0.4) is 0 Å². The van der Waals surface area contributed by atoms with Crippen molar-refractivity contribution in [3.05, 3.63) is 45.9 Å². The van der Waals surface area contributed by atoms with Gasteiger partial charge in [-0.05, 0) is 58.2 Å². The summed E-state index contributed by atoms with van der Waals surface area (Å²) in [6.45, 7) is 2.69. The first-order valence-electron chi connectivity index (χ1n) is 6.20. The topological polar surface area (TPSA) is 53.7 Å². The van der Waals surface area contributed by atoms with Gasteiger partial charge in [0.1, 0.15) is 12.4 Å². The van der Waals surface area contributed by atoms with Gasteiger partial charge in [-0.1, -0.05) is 6.07 Å². The predicted molar refractivity (Wildman–Crippen MR) is 80.2 cm³/mol. The number of aryl methyl sites for hydroxylation is 1. The second-order valence-corrected chi connectivity index (χ2v) is 5.47. The van der Waals surface area contributed by atoms with Gasteiger partial charge in [0.15, 0.2) is 11.5 Å². The van der Waals surface area contributed by atoms with E-state index in [9.17, 15) is 0 Å². The highest BCUT2D eigenvalue weighted by atomic mass is 79.9. The largest absolute Gasteiger partial charge is 0.488 e. The van der Waals surface area contributed by atoms with Crippen molar-refractivity contribution in [1.82, 2.24) is 0 Å². The molecule has 1 heterocycles. The monoisotopic (exact) mass is 335 g/mol. The lowest BCUT2D eigenvalue weighted by molar-refractivity contribution is 0.174. The van der Waals surface area contributed by atoms with E-state index in [2.05, 4.69) is 15.9 Å². The Morgan fingerprint density at radius 3 is 2.85 bits per heavy atom. The highest BCUT2D eigenvalue weighted by Gasteiger charge is 2.13. The molecule has 2 aromatic carbocycles. The maximum absolute atomic E-state index is 5.84. The number of hydrogen-bond donors (Lipinski definition) is 1.